The summed E-state index contributed by atoms with van der Waals surface area (Å²) in [5, 5.41) is -0.215. The van der Waals surface area contributed by atoms with E-state index < -0.39 is 9.84 Å². The molecule has 22 heavy (non-hydrogen) atoms. The molecule has 3 rings (SSSR count). The minimum absolute atomic E-state index is 0.215. The third kappa shape index (κ3) is 3.60. The first-order valence-corrected chi connectivity index (χ1v) is 9.90. The van der Waals surface area contributed by atoms with Crippen LogP contribution in [0.15, 0.2) is 18.3 Å². The highest BCUT2D eigenvalue weighted by Gasteiger charge is 2.26. The maximum Gasteiger partial charge on any atom is 0.154 e. The lowest BCUT2D eigenvalue weighted by molar-refractivity contribution is 0.283. The van der Waals surface area contributed by atoms with Crippen LogP contribution in [0.5, 0.6) is 0 Å². The minimum atomic E-state index is -2.90. The molecule has 0 bridgehead atoms. The molecule has 3 heterocycles. The Labute approximate surface area is 133 Å². The number of hydrogen-bond donors (Lipinski definition) is 0. The Morgan fingerprint density at radius 2 is 1.95 bits per heavy atom. The van der Waals surface area contributed by atoms with Crippen molar-refractivity contribution in [3.05, 3.63) is 23.9 Å². The third-order valence-electron chi connectivity index (χ3n) is 4.80. The van der Waals surface area contributed by atoms with Gasteiger partial charge in [0.15, 0.2) is 9.84 Å². The van der Waals surface area contributed by atoms with Gasteiger partial charge in [-0.15, -0.1) is 0 Å². The van der Waals surface area contributed by atoms with E-state index in [2.05, 4.69) is 26.9 Å². The Bertz CT molecular complexity index is 594. The summed E-state index contributed by atoms with van der Waals surface area (Å²) in [6.45, 7) is 6.29. The second-order valence-corrected chi connectivity index (χ2v) is 9.00. The molecule has 2 fully saturated rings. The quantitative estimate of drug-likeness (QED) is 0.847. The van der Waals surface area contributed by atoms with Gasteiger partial charge in [0.1, 0.15) is 5.82 Å². The van der Waals surface area contributed by atoms with E-state index >= 15 is 0 Å². The third-order valence-corrected chi connectivity index (χ3v) is 7.02. The van der Waals surface area contributed by atoms with Gasteiger partial charge in [-0.1, -0.05) is 6.07 Å². The maximum atomic E-state index is 11.9. The van der Waals surface area contributed by atoms with Crippen LogP contribution in [0.4, 0.5) is 5.82 Å². The Balaban J connectivity index is 1.61. The first-order valence-electron chi connectivity index (χ1n) is 8.18. The van der Waals surface area contributed by atoms with Crippen LogP contribution >= 0.6 is 0 Å². The van der Waals surface area contributed by atoms with Crippen molar-refractivity contribution in [3.63, 3.8) is 0 Å². The molecule has 1 aromatic rings. The highest BCUT2D eigenvalue weighted by molar-refractivity contribution is 7.92. The largest absolute Gasteiger partial charge is 0.357 e. The van der Waals surface area contributed by atoms with Gasteiger partial charge in [-0.05, 0) is 44.4 Å². The fourth-order valence-corrected chi connectivity index (χ4v) is 4.55. The number of aromatic nitrogens is 1. The molecule has 0 spiro atoms. The van der Waals surface area contributed by atoms with Gasteiger partial charge < -0.3 is 4.90 Å². The summed E-state index contributed by atoms with van der Waals surface area (Å²) in [6.07, 6.45) is 5.17. The number of nitrogens with zero attached hydrogens (tertiary/aromatic N) is 3. The van der Waals surface area contributed by atoms with Crippen LogP contribution < -0.4 is 4.90 Å². The molecule has 0 amide bonds. The van der Waals surface area contributed by atoms with Gasteiger partial charge in [0.05, 0.1) is 11.0 Å². The zero-order chi connectivity index (χ0) is 15.6. The van der Waals surface area contributed by atoms with Gasteiger partial charge in [0, 0.05) is 32.4 Å². The summed E-state index contributed by atoms with van der Waals surface area (Å²) in [6, 6.07) is 4.22. The molecular formula is C16H25N3O2S. The van der Waals surface area contributed by atoms with Gasteiger partial charge in [0.2, 0.25) is 0 Å². The van der Waals surface area contributed by atoms with E-state index in [0.29, 0.717) is 6.54 Å². The highest BCUT2D eigenvalue weighted by Crippen LogP contribution is 2.19. The monoisotopic (exact) mass is 323 g/mol. The lowest BCUT2D eigenvalue weighted by atomic mass is 10.2. The van der Waals surface area contributed by atoms with E-state index in [1.807, 2.05) is 13.1 Å². The predicted molar refractivity (Wildman–Crippen MR) is 88.8 cm³/mol. The molecule has 2 aliphatic rings. The summed E-state index contributed by atoms with van der Waals surface area (Å²) in [5.41, 5.74) is 1.16. The summed E-state index contributed by atoms with van der Waals surface area (Å²) in [4.78, 5) is 9.13. The normalized spacial score (nSPS) is 26.0. The SMILES string of the molecule is C[C@H]1CCN(Cc2ccc(N3CCCC3)nc2)CCS1(=O)=O. The zero-order valence-corrected chi connectivity index (χ0v) is 14.1. The number of rotatable bonds is 3. The van der Waals surface area contributed by atoms with Crippen molar-refractivity contribution in [3.8, 4) is 0 Å². The average Bonchev–Trinajstić information content (AvgIpc) is 3.00. The van der Waals surface area contributed by atoms with Gasteiger partial charge in [-0.2, -0.15) is 0 Å². The van der Waals surface area contributed by atoms with Crippen LogP contribution in [0.3, 0.4) is 0 Å². The van der Waals surface area contributed by atoms with Crippen LogP contribution in [0.2, 0.25) is 0 Å². The van der Waals surface area contributed by atoms with Crippen LogP contribution in [-0.4, -0.2) is 55.5 Å². The number of sulfone groups is 1. The Kier molecular flexibility index (Phi) is 4.68. The Morgan fingerprint density at radius 3 is 2.64 bits per heavy atom. The molecule has 0 N–H and O–H groups in total. The smallest absolute Gasteiger partial charge is 0.154 e. The van der Waals surface area contributed by atoms with Crippen LogP contribution in [0.1, 0.15) is 31.7 Å². The second-order valence-electron chi connectivity index (χ2n) is 6.46. The van der Waals surface area contributed by atoms with Gasteiger partial charge >= 0.3 is 0 Å². The number of hydrogen-bond acceptors (Lipinski definition) is 5. The van der Waals surface area contributed by atoms with Crippen molar-refractivity contribution in [1.82, 2.24) is 9.88 Å². The van der Waals surface area contributed by atoms with Gasteiger partial charge in [-0.3, -0.25) is 4.90 Å². The molecule has 0 radical (unpaired) electrons. The molecule has 2 saturated heterocycles. The Hall–Kier alpha value is -1.14. The molecule has 0 unspecified atom stereocenters. The summed E-state index contributed by atoms with van der Waals surface area (Å²) in [7, 11) is -2.90. The van der Waals surface area contributed by atoms with Crippen molar-refractivity contribution in [2.24, 2.45) is 0 Å². The lowest BCUT2D eigenvalue weighted by Gasteiger charge is -2.20. The van der Waals surface area contributed by atoms with Crippen molar-refractivity contribution < 1.29 is 8.42 Å². The molecular weight excluding hydrogens is 298 g/mol. The summed E-state index contributed by atoms with van der Waals surface area (Å²) in [5.74, 6) is 1.33. The molecule has 0 aromatic carbocycles. The highest BCUT2D eigenvalue weighted by atomic mass is 32.2. The first-order chi connectivity index (χ1) is 10.5. The fraction of sp³-hybridized carbons (Fsp3) is 0.688. The molecule has 0 saturated carbocycles. The van der Waals surface area contributed by atoms with Crippen molar-refractivity contribution >= 4 is 15.7 Å². The first kappa shape index (κ1) is 15.7. The van der Waals surface area contributed by atoms with E-state index in [-0.39, 0.29) is 11.0 Å². The minimum Gasteiger partial charge on any atom is -0.357 e. The standard InChI is InChI=1S/C16H25N3O2S/c1-14-6-9-18(10-11-22(14,20)21)13-15-4-5-16(17-12-15)19-7-2-3-8-19/h4-5,12,14H,2-3,6-11,13H2,1H3/t14-/m0/s1. The fourth-order valence-electron chi connectivity index (χ4n) is 3.17. The van der Waals surface area contributed by atoms with Crippen molar-refractivity contribution in [1.29, 1.82) is 0 Å². The molecule has 5 nitrogen and oxygen atoms in total. The van der Waals surface area contributed by atoms with E-state index in [9.17, 15) is 8.42 Å². The molecule has 6 heteroatoms. The van der Waals surface area contributed by atoms with Crippen molar-refractivity contribution in [2.75, 3.05) is 36.8 Å². The average molecular weight is 323 g/mol. The van der Waals surface area contributed by atoms with Crippen LogP contribution in [0, 0.1) is 0 Å². The van der Waals surface area contributed by atoms with Gasteiger partial charge in [-0.25, -0.2) is 13.4 Å². The predicted octanol–water partition coefficient (Wildman–Crippen LogP) is 1.69. The van der Waals surface area contributed by atoms with E-state index in [0.717, 1.165) is 44.0 Å². The maximum absolute atomic E-state index is 11.9. The molecule has 0 aliphatic carbocycles. The van der Waals surface area contributed by atoms with Crippen molar-refractivity contribution in [2.45, 2.75) is 38.0 Å². The zero-order valence-electron chi connectivity index (χ0n) is 13.2. The summed E-state index contributed by atoms with van der Waals surface area (Å²) >= 11 is 0. The van der Waals surface area contributed by atoms with E-state index in [4.69, 9.17) is 0 Å². The summed E-state index contributed by atoms with van der Waals surface area (Å²) < 4.78 is 23.9. The topological polar surface area (TPSA) is 53.5 Å². The molecule has 2 aliphatic heterocycles. The second kappa shape index (κ2) is 6.54. The van der Waals surface area contributed by atoms with Crippen LogP contribution in [0.25, 0.3) is 0 Å². The molecule has 1 atom stereocenters. The van der Waals surface area contributed by atoms with E-state index in [1.54, 1.807) is 0 Å². The molecule has 122 valence electrons. The van der Waals surface area contributed by atoms with Crippen LogP contribution in [-0.2, 0) is 16.4 Å². The Morgan fingerprint density at radius 1 is 1.18 bits per heavy atom. The number of anilines is 1. The van der Waals surface area contributed by atoms with Gasteiger partial charge in [0.25, 0.3) is 0 Å². The lowest BCUT2D eigenvalue weighted by Crippen LogP contribution is -2.26. The molecule has 1 aromatic heterocycles. The number of pyridine rings is 1. The van der Waals surface area contributed by atoms with E-state index in [1.165, 1.54) is 12.8 Å².